The predicted octanol–water partition coefficient (Wildman–Crippen LogP) is 3.84. The van der Waals surface area contributed by atoms with Crippen LogP contribution in [-0.4, -0.2) is 34.2 Å². The van der Waals surface area contributed by atoms with Gasteiger partial charge in [0, 0.05) is 11.6 Å². The molecule has 2 saturated heterocycles. The maximum atomic E-state index is 13.6. The molecule has 0 radical (unpaired) electrons. The summed E-state index contributed by atoms with van der Waals surface area (Å²) in [4.78, 5) is 52.2. The number of halogens is 3. The Morgan fingerprint density at radius 1 is 1.06 bits per heavy atom. The molecule has 2 amide bonds. The molecule has 2 aliphatic rings. The van der Waals surface area contributed by atoms with Gasteiger partial charge in [-0.15, -0.1) is 0 Å². The number of alkyl halides is 3. The highest BCUT2D eigenvalue weighted by Crippen LogP contribution is 2.52. The van der Waals surface area contributed by atoms with Crippen LogP contribution >= 0.6 is 0 Å². The van der Waals surface area contributed by atoms with Crippen LogP contribution in [0.4, 0.5) is 18.9 Å². The number of imide groups is 1. The van der Waals surface area contributed by atoms with Gasteiger partial charge in [0.15, 0.2) is 5.78 Å². The Morgan fingerprint density at radius 3 is 2.20 bits per heavy atom. The summed E-state index contributed by atoms with van der Waals surface area (Å²) < 4.78 is 40.1. The molecule has 10 heteroatoms. The van der Waals surface area contributed by atoms with Gasteiger partial charge in [-0.3, -0.25) is 24.5 Å². The van der Waals surface area contributed by atoms with Gasteiger partial charge in [-0.25, -0.2) is 4.90 Å². The molecule has 0 aromatic heterocycles. The molecule has 7 nitrogen and oxygen atoms in total. The summed E-state index contributed by atoms with van der Waals surface area (Å²) in [5.74, 6) is -6.32. The predicted molar refractivity (Wildman–Crippen MR) is 118 cm³/mol. The second-order valence-electron chi connectivity index (χ2n) is 9.19. The van der Waals surface area contributed by atoms with Crippen molar-refractivity contribution in [3.8, 4) is 0 Å². The second kappa shape index (κ2) is 8.30. The molecular weight excluding hydrogens is 465 g/mol. The maximum absolute atomic E-state index is 13.6. The highest BCUT2D eigenvalue weighted by atomic mass is 19.4. The molecular formula is C25H23F3N2O5. The minimum absolute atomic E-state index is 0.0635. The number of ketones is 1. The van der Waals surface area contributed by atoms with Crippen LogP contribution in [0.5, 0.6) is 0 Å². The zero-order valence-corrected chi connectivity index (χ0v) is 19.1. The van der Waals surface area contributed by atoms with Gasteiger partial charge in [-0.05, 0) is 54.8 Å². The number of carbonyl (C=O) groups is 4. The largest absolute Gasteiger partial charge is 0.480 e. The SMILES string of the molecule is CC(=O)c1ccc(N2C(=O)C3C(c4cccc(C(F)(F)F)c4)NC(C(=O)O)(C(C)C)C3C2=O)cc1. The van der Waals surface area contributed by atoms with Crippen molar-refractivity contribution in [3.05, 3.63) is 65.2 Å². The van der Waals surface area contributed by atoms with E-state index < -0.39 is 58.9 Å². The van der Waals surface area contributed by atoms with Gasteiger partial charge in [0.05, 0.1) is 23.1 Å². The van der Waals surface area contributed by atoms with Gasteiger partial charge in [-0.2, -0.15) is 13.2 Å². The highest BCUT2D eigenvalue weighted by Gasteiger charge is 2.69. The van der Waals surface area contributed by atoms with E-state index in [1.165, 1.54) is 43.3 Å². The van der Waals surface area contributed by atoms with Crippen LogP contribution in [0.25, 0.3) is 0 Å². The van der Waals surface area contributed by atoms with E-state index in [-0.39, 0.29) is 17.0 Å². The monoisotopic (exact) mass is 488 g/mol. The molecule has 0 aliphatic carbocycles. The van der Waals surface area contributed by atoms with Crippen LogP contribution < -0.4 is 10.2 Å². The van der Waals surface area contributed by atoms with Crippen LogP contribution in [0.1, 0.15) is 48.3 Å². The highest BCUT2D eigenvalue weighted by molar-refractivity contribution is 6.24. The normalized spacial score (nSPS) is 26.4. The summed E-state index contributed by atoms with van der Waals surface area (Å²) in [5.41, 5.74) is -2.25. The number of nitrogens with zero attached hydrogens (tertiary/aromatic N) is 1. The lowest BCUT2D eigenvalue weighted by Gasteiger charge is -2.34. The summed E-state index contributed by atoms with van der Waals surface area (Å²) >= 11 is 0. The third-order valence-electron chi connectivity index (χ3n) is 6.96. The van der Waals surface area contributed by atoms with Gasteiger partial charge in [-0.1, -0.05) is 26.0 Å². The molecule has 2 N–H and O–H groups in total. The minimum atomic E-state index is -4.64. The number of nitrogens with one attached hydrogen (secondary N) is 1. The molecule has 2 aromatic rings. The molecule has 2 aromatic carbocycles. The smallest absolute Gasteiger partial charge is 0.416 e. The van der Waals surface area contributed by atoms with Crippen molar-refractivity contribution in [2.24, 2.45) is 17.8 Å². The quantitative estimate of drug-likeness (QED) is 0.490. The van der Waals surface area contributed by atoms with Crippen molar-refractivity contribution in [3.63, 3.8) is 0 Å². The number of carbonyl (C=O) groups excluding carboxylic acids is 3. The number of rotatable bonds is 5. The lowest BCUT2D eigenvalue weighted by Crippen LogP contribution is -2.59. The molecule has 0 bridgehead atoms. The van der Waals surface area contributed by atoms with E-state index in [1.54, 1.807) is 13.8 Å². The zero-order valence-electron chi connectivity index (χ0n) is 19.1. The third kappa shape index (κ3) is 3.72. The Kier molecular flexibility index (Phi) is 5.83. The first-order chi connectivity index (χ1) is 16.3. The van der Waals surface area contributed by atoms with E-state index in [0.29, 0.717) is 5.56 Å². The summed E-state index contributed by atoms with van der Waals surface area (Å²) in [7, 11) is 0. The molecule has 4 unspecified atom stereocenters. The summed E-state index contributed by atoms with van der Waals surface area (Å²) in [6.07, 6.45) is -4.64. The van der Waals surface area contributed by atoms with Crippen LogP contribution in [-0.2, 0) is 20.6 Å². The summed E-state index contributed by atoms with van der Waals surface area (Å²) in [6.45, 7) is 4.52. The van der Waals surface area contributed by atoms with Crippen LogP contribution in [0, 0.1) is 17.8 Å². The van der Waals surface area contributed by atoms with Gasteiger partial charge in [0.25, 0.3) is 0 Å². The first-order valence-corrected chi connectivity index (χ1v) is 11.0. The van der Waals surface area contributed by atoms with Crippen molar-refractivity contribution in [2.75, 3.05) is 4.90 Å². The first kappa shape index (κ1) is 24.6. The van der Waals surface area contributed by atoms with Gasteiger partial charge in [0.1, 0.15) is 5.54 Å². The van der Waals surface area contributed by atoms with E-state index in [0.717, 1.165) is 17.0 Å². The fraction of sp³-hybridized carbons (Fsp3) is 0.360. The van der Waals surface area contributed by atoms with Crippen molar-refractivity contribution in [2.45, 2.75) is 38.5 Å². The molecule has 0 saturated carbocycles. The first-order valence-electron chi connectivity index (χ1n) is 11.0. The molecule has 4 atom stereocenters. The number of aliphatic carboxylic acids is 1. The van der Waals surface area contributed by atoms with E-state index in [9.17, 15) is 37.5 Å². The molecule has 0 spiro atoms. The number of hydrogen-bond acceptors (Lipinski definition) is 5. The number of hydrogen-bond donors (Lipinski definition) is 2. The fourth-order valence-corrected chi connectivity index (χ4v) is 5.21. The average Bonchev–Trinajstić information content (AvgIpc) is 3.28. The van der Waals surface area contributed by atoms with Crippen LogP contribution in [0.3, 0.4) is 0 Å². The number of benzene rings is 2. The molecule has 2 aliphatic heterocycles. The summed E-state index contributed by atoms with van der Waals surface area (Å²) in [5, 5.41) is 13.1. The molecule has 2 heterocycles. The second-order valence-corrected chi connectivity index (χ2v) is 9.19. The lowest BCUT2D eigenvalue weighted by atomic mass is 9.73. The Morgan fingerprint density at radius 2 is 1.69 bits per heavy atom. The minimum Gasteiger partial charge on any atom is -0.480 e. The van der Waals surface area contributed by atoms with Gasteiger partial charge < -0.3 is 5.11 Å². The number of amides is 2. The molecule has 184 valence electrons. The van der Waals surface area contributed by atoms with Crippen molar-refractivity contribution in [1.82, 2.24) is 5.32 Å². The van der Waals surface area contributed by atoms with Gasteiger partial charge >= 0.3 is 12.1 Å². The molecule has 2 fully saturated rings. The standard InChI is InChI=1S/C25H23F3N2O5/c1-12(2)24(23(34)35)19-18(20(29-24)15-5-4-6-16(11-15)25(26,27)28)21(32)30(22(19)33)17-9-7-14(8-10-17)13(3)31/h4-12,18-20,29H,1-3H3,(H,34,35). The van der Waals surface area contributed by atoms with E-state index in [2.05, 4.69) is 5.32 Å². The Hall–Kier alpha value is -3.53. The number of anilines is 1. The molecule has 35 heavy (non-hydrogen) atoms. The Bertz CT molecular complexity index is 1220. The van der Waals surface area contributed by atoms with Crippen LogP contribution in [0.15, 0.2) is 48.5 Å². The van der Waals surface area contributed by atoms with Crippen molar-refractivity contribution in [1.29, 1.82) is 0 Å². The van der Waals surface area contributed by atoms with Crippen LogP contribution in [0.2, 0.25) is 0 Å². The average molecular weight is 488 g/mol. The van der Waals surface area contributed by atoms with E-state index in [1.807, 2.05) is 0 Å². The number of carboxylic acid groups (broad SMARTS) is 1. The van der Waals surface area contributed by atoms with Crippen molar-refractivity contribution >= 4 is 29.3 Å². The van der Waals surface area contributed by atoms with Gasteiger partial charge in [0.2, 0.25) is 11.8 Å². The Balaban J connectivity index is 1.85. The third-order valence-corrected chi connectivity index (χ3v) is 6.96. The maximum Gasteiger partial charge on any atom is 0.416 e. The fourth-order valence-electron chi connectivity index (χ4n) is 5.21. The lowest BCUT2D eigenvalue weighted by molar-refractivity contribution is -0.151. The topological polar surface area (TPSA) is 104 Å². The van der Waals surface area contributed by atoms with E-state index >= 15 is 0 Å². The Labute approximate surface area is 198 Å². The number of carboxylic acids is 1. The molecule has 4 rings (SSSR count). The zero-order chi connectivity index (χ0) is 25.9. The van der Waals surface area contributed by atoms with Crippen molar-refractivity contribution < 1.29 is 37.5 Å². The number of Topliss-reactive ketones (excluding diaryl/α,β-unsaturated/α-hetero) is 1. The number of fused-ring (bicyclic) bond motifs is 1. The van der Waals surface area contributed by atoms with E-state index in [4.69, 9.17) is 0 Å². The summed E-state index contributed by atoms with van der Waals surface area (Å²) in [6, 6.07) is 8.90.